The second-order valence-electron chi connectivity index (χ2n) is 15.9. The van der Waals surface area contributed by atoms with Crippen molar-refractivity contribution >= 4 is 39.9 Å². The fraction of sp³-hybridized carbons (Fsp3) is 0.513. The molecule has 1 saturated carbocycles. The van der Waals surface area contributed by atoms with Crippen LogP contribution in [-0.4, -0.2) is 84.0 Å². The summed E-state index contributed by atoms with van der Waals surface area (Å²) in [7, 11) is -5.13. The van der Waals surface area contributed by atoms with Crippen molar-refractivity contribution < 1.29 is 59.4 Å². The van der Waals surface area contributed by atoms with E-state index in [0.717, 1.165) is 17.0 Å². The van der Waals surface area contributed by atoms with Gasteiger partial charge in [-0.3, -0.25) is 19.3 Å². The van der Waals surface area contributed by atoms with E-state index in [1.54, 1.807) is 43.7 Å². The Morgan fingerprint density at radius 3 is 2.43 bits per heavy atom. The van der Waals surface area contributed by atoms with Gasteiger partial charge in [-0.2, -0.15) is 13.2 Å². The number of carbonyl (C=O) groups excluding carboxylic acids is 5. The number of alkyl carbamates (subject to hydrolysis) is 1. The topological polar surface area (TPSA) is 181 Å². The predicted octanol–water partition coefficient (Wildman–Crippen LogP) is 5.06. The second-order valence-corrected chi connectivity index (χ2v) is 17.6. The van der Waals surface area contributed by atoms with Crippen molar-refractivity contribution in [2.24, 2.45) is 5.92 Å². The first kappa shape index (κ1) is 42.4. The highest BCUT2D eigenvalue weighted by Gasteiger charge is 2.62. The highest BCUT2D eigenvalue weighted by atomic mass is 32.2. The fourth-order valence-electron chi connectivity index (χ4n) is 7.55. The lowest BCUT2D eigenvalue weighted by molar-refractivity contribution is -0.141. The van der Waals surface area contributed by atoms with Crippen LogP contribution in [0.3, 0.4) is 0 Å². The SMILES string of the molecule is CC(C)(C)OC(=O)N[C@H]1CCCCC/C=C\[C@H]2C[C@@]2(C(=O)NS(=O)(=O)c2ccccc2C(F)(F)F)NC(=O)[C@@H]2C[C@@H](OC(=O)N3Cc4cccc(F)c4C3)CN2C1=O. The first-order chi connectivity index (χ1) is 27.2. The lowest BCUT2D eigenvalue weighted by atomic mass is 10.0. The minimum atomic E-state index is -5.13. The van der Waals surface area contributed by atoms with E-state index in [4.69, 9.17) is 9.47 Å². The number of rotatable bonds is 5. The number of sulfonamides is 1. The Morgan fingerprint density at radius 2 is 1.72 bits per heavy atom. The Kier molecular flexibility index (Phi) is 11.9. The van der Waals surface area contributed by atoms with Crippen LogP contribution in [0.4, 0.5) is 27.2 Å². The molecule has 14 nitrogen and oxygen atoms in total. The van der Waals surface area contributed by atoms with Gasteiger partial charge in [0, 0.05) is 24.4 Å². The number of hydrogen-bond acceptors (Lipinski definition) is 9. The Bertz CT molecular complexity index is 2110. The van der Waals surface area contributed by atoms with Crippen LogP contribution in [0.15, 0.2) is 59.5 Å². The quantitative estimate of drug-likeness (QED) is 0.274. The molecule has 4 aliphatic rings. The highest BCUT2D eigenvalue weighted by molar-refractivity contribution is 7.90. The van der Waals surface area contributed by atoms with Crippen LogP contribution < -0.4 is 15.4 Å². The van der Waals surface area contributed by atoms with Crippen molar-refractivity contribution in [1.82, 2.24) is 25.2 Å². The maximum atomic E-state index is 14.5. The number of hydrogen-bond donors (Lipinski definition) is 3. The van der Waals surface area contributed by atoms with Gasteiger partial charge in [0.05, 0.1) is 23.5 Å². The predicted molar refractivity (Wildman–Crippen MR) is 197 cm³/mol. The van der Waals surface area contributed by atoms with Crippen molar-refractivity contribution in [3.63, 3.8) is 0 Å². The van der Waals surface area contributed by atoms with Crippen molar-refractivity contribution in [2.75, 3.05) is 6.54 Å². The minimum absolute atomic E-state index is 0.0516. The molecule has 2 aromatic rings. The molecule has 0 bridgehead atoms. The van der Waals surface area contributed by atoms with Crippen molar-refractivity contribution in [1.29, 1.82) is 0 Å². The monoisotopic (exact) mass is 835 g/mol. The van der Waals surface area contributed by atoms with Gasteiger partial charge in [-0.05, 0) is 70.2 Å². The van der Waals surface area contributed by atoms with Crippen LogP contribution >= 0.6 is 0 Å². The van der Waals surface area contributed by atoms with Gasteiger partial charge in [0.1, 0.15) is 35.1 Å². The molecule has 314 valence electrons. The molecule has 0 unspecified atom stereocenters. The van der Waals surface area contributed by atoms with Gasteiger partial charge in [0.2, 0.25) is 11.8 Å². The van der Waals surface area contributed by atoms with E-state index in [1.165, 1.54) is 17.0 Å². The molecule has 1 aliphatic carbocycles. The molecule has 19 heteroatoms. The van der Waals surface area contributed by atoms with Gasteiger partial charge in [-0.15, -0.1) is 0 Å². The smallest absolute Gasteiger partial charge is 0.417 e. The van der Waals surface area contributed by atoms with Crippen LogP contribution in [0.2, 0.25) is 0 Å². The van der Waals surface area contributed by atoms with Crippen LogP contribution in [0.25, 0.3) is 0 Å². The third-order valence-corrected chi connectivity index (χ3v) is 11.9. The van der Waals surface area contributed by atoms with Gasteiger partial charge < -0.3 is 25.0 Å². The summed E-state index contributed by atoms with van der Waals surface area (Å²) >= 11 is 0. The molecule has 6 rings (SSSR count). The number of amides is 5. The van der Waals surface area contributed by atoms with Crippen LogP contribution in [0.5, 0.6) is 0 Å². The number of nitrogens with zero attached hydrogens (tertiary/aromatic N) is 2. The van der Waals surface area contributed by atoms with Gasteiger partial charge in [0.25, 0.3) is 15.9 Å². The third kappa shape index (κ3) is 9.40. The number of fused-ring (bicyclic) bond motifs is 3. The summed E-state index contributed by atoms with van der Waals surface area (Å²) in [6.45, 7) is 4.57. The number of benzene rings is 2. The molecular formula is C39H45F4N5O9S. The fourth-order valence-corrected chi connectivity index (χ4v) is 8.81. The summed E-state index contributed by atoms with van der Waals surface area (Å²) in [5.74, 6) is -4.21. The average molecular weight is 836 g/mol. The average Bonchev–Trinajstić information content (AvgIpc) is 3.42. The molecule has 0 radical (unpaired) electrons. The van der Waals surface area contributed by atoms with E-state index < -0.39 is 97.6 Å². The van der Waals surface area contributed by atoms with Gasteiger partial charge in [-0.1, -0.05) is 49.3 Å². The molecule has 5 amide bonds. The van der Waals surface area contributed by atoms with E-state index in [2.05, 4.69) is 10.6 Å². The number of allylic oxidation sites excluding steroid dienone is 1. The summed E-state index contributed by atoms with van der Waals surface area (Å²) in [5, 5.41) is 5.19. The number of halogens is 4. The molecule has 3 N–H and O–H groups in total. The Morgan fingerprint density at radius 1 is 0.983 bits per heavy atom. The number of nitrogens with one attached hydrogen (secondary N) is 3. The molecule has 2 fully saturated rings. The molecule has 5 atom stereocenters. The van der Waals surface area contributed by atoms with Gasteiger partial charge in [0.15, 0.2) is 0 Å². The van der Waals surface area contributed by atoms with E-state index in [-0.39, 0.29) is 38.9 Å². The van der Waals surface area contributed by atoms with Gasteiger partial charge >= 0.3 is 18.4 Å². The molecule has 3 heterocycles. The number of ether oxygens (including phenoxy) is 2. The third-order valence-electron chi connectivity index (χ3n) is 10.5. The van der Waals surface area contributed by atoms with Crippen molar-refractivity contribution in [2.45, 2.75) is 119 Å². The first-order valence-electron chi connectivity index (χ1n) is 18.9. The summed E-state index contributed by atoms with van der Waals surface area (Å²) in [6.07, 6.45) is -2.56. The molecule has 0 spiro atoms. The Hall–Kier alpha value is -5.20. The molecule has 58 heavy (non-hydrogen) atoms. The highest BCUT2D eigenvalue weighted by Crippen LogP contribution is 2.46. The molecule has 1 saturated heterocycles. The Balaban J connectivity index is 1.28. The van der Waals surface area contributed by atoms with Crippen LogP contribution in [0, 0.1) is 11.7 Å². The lowest BCUT2D eigenvalue weighted by Crippen LogP contribution is -2.58. The van der Waals surface area contributed by atoms with E-state index in [9.17, 15) is 50.0 Å². The van der Waals surface area contributed by atoms with Crippen LogP contribution in [-0.2, 0) is 53.1 Å². The number of alkyl halides is 3. The molecule has 0 aromatic heterocycles. The first-order valence-corrected chi connectivity index (χ1v) is 20.4. The molecule has 2 aromatic carbocycles. The van der Waals surface area contributed by atoms with Gasteiger partial charge in [-0.25, -0.2) is 27.1 Å². The molecule has 3 aliphatic heterocycles. The maximum absolute atomic E-state index is 14.5. The van der Waals surface area contributed by atoms with Crippen LogP contribution in [0.1, 0.15) is 82.4 Å². The molecular weight excluding hydrogens is 791 g/mol. The lowest BCUT2D eigenvalue weighted by Gasteiger charge is -2.30. The Labute approximate surface area is 332 Å². The second kappa shape index (κ2) is 16.2. The standard InChI is InChI=1S/C39H45F4N5O9S/c1-37(2,3)57-35(52)44-29-16-8-6-4-5-7-13-24-19-38(24,34(51)46-58(54,55)31-17-10-9-14-27(31)39(41,42)43)45-32(49)30-18-25(21-48(30)33(29)50)56-36(53)47-20-23-12-11-15-28(40)26(23)22-47/h7,9-15,17,24-25,29-30H,4-6,8,16,18-22H2,1-3H3,(H,44,52)(H,45,49)(H,46,51)/b13-7-/t24-,25+,29-,30-,38+/m0/s1. The maximum Gasteiger partial charge on any atom is 0.417 e. The normalized spacial score (nSPS) is 25.8. The summed E-state index contributed by atoms with van der Waals surface area (Å²) < 4.78 is 95.4. The van der Waals surface area contributed by atoms with Crippen molar-refractivity contribution in [3.8, 4) is 0 Å². The zero-order valence-corrected chi connectivity index (χ0v) is 32.9. The van der Waals surface area contributed by atoms with Crippen molar-refractivity contribution in [3.05, 3.63) is 77.1 Å². The van der Waals surface area contributed by atoms with E-state index in [1.807, 2.05) is 0 Å². The zero-order chi connectivity index (χ0) is 42.2. The van der Waals surface area contributed by atoms with E-state index >= 15 is 0 Å². The minimum Gasteiger partial charge on any atom is -0.444 e. The number of carbonyl (C=O) groups is 5. The summed E-state index contributed by atoms with van der Waals surface area (Å²) in [5.41, 5.74) is -3.45. The van der Waals surface area contributed by atoms with E-state index in [0.29, 0.717) is 48.9 Å². The summed E-state index contributed by atoms with van der Waals surface area (Å²) in [4.78, 5) is 70.1. The largest absolute Gasteiger partial charge is 0.444 e. The zero-order valence-electron chi connectivity index (χ0n) is 32.1. The summed E-state index contributed by atoms with van der Waals surface area (Å²) in [6, 6.07) is 5.18.